The lowest BCUT2D eigenvalue weighted by molar-refractivity contribution is -0.277. The molecule has 11 nitrogen and oxygen atoms in total. The van der Waals surface area contributed by atoms with Crippen molar-refractivity contribution < 1.29 is 55.1 Å². The van der Waals surface area contributed by atoms with Gasteiger partial charge in [0.05, 0.1) is 17.6 Å². The lowest BCUT2D eigenvalue weighted by Crippen LogP contribution is -2.73. The monoisotopic (exact) mass is 646 g/mol. The highest BCUT2D eigenvalue weighted by molar-refractivity contribution is 6.09. The van der Waals surface area contributed by atoms with Gasteiger partial charge in [-0.25, -0.2) is 0 Å². The zero-order valence-electron chi connectivity index (χ0n) is 26.0. The van der Waals surface area contributed by atoms with Crippen LogP contribution in [0.25, 0.3) is 10.8 Å². The normalized spacial score (nSPS) is 36.2. The van der Waals surface area contributed by atoms with E-state index < -0.39 is 71.2 Å². The highest BCUT2D eigenvalue weighted by Crippen LogP contribution is 2.71. The van der Waals surface area contributed by atoms with Gasteiger partial charge in [-0.1, -0.05) is 60.2 Å². The van der Waals surface area contributed by atoms with Gasteiger partial charge in [-0.3, -0.25) is 4.79 Å². The molecule has 8 N–H and O–H groups in total. The number of benzene rings is 3. The summed E-state index contributed by atoms with van der Waals surface area (Å²) in [6, 6.07) is 12.8. The summed E-state index contributed by atoms with van der Waals surface area (Å²) in [5, 5.41) is 90.3. The van der Waals surface area contributed by atoms with E-state index in [0.717, 1.165) is 0 Å². The fraction of sp³-hybridized carbons (Fsp3) is 0.417. The number of aromatic hydroxyl groups is 1. The molecule has 11 heteroatoms. The summed E-state index contributed by atoms with van der Waals surface area (Å²) >= 11 is 0. The maximum atomic E-state index is 14.7. The molecule has 1 aliphatic heterocycles. The minimum atomic E-state index is -2.30. The third-order valence-corrected chi connectivity index (χ3v) is 10.4. The Labute approximate surface area is 270 Å². The van der Waals surface area contributed by atoms with Crippen LogP contribution < -0.4 is 4.74 Å². The molecule has 47 heavy (non-hydrogen) atoms. The van der Waals surface area contributed by atoms with Crippen molar-refractivity contribution in [2.45, 2.75) is 80.6 Å². The van der Waals surface area contributed by atoms with Gasteiger partial charge in [-0.15, -0.1) is 0 Å². The van der Waals surface area contributed by atoms with Crippen LogP contribution in [0.3, 0.4) is 0 Å². The predicted molar refractivity (Wildman–Crippen MR) is 168 cm³/mol. The molecule has 248 valence electrons. The van der Waals surface area contributed by atoms with Crippen LogP contribution in [0.4, 0.5) is 0 Å². The Morgan fingerprint density at radius 1 is 1.02 bits per heavy atom. The Balaban J connectivity index is 1.52. The number of hydrogen-bond acceptors (Lipinski definition) is 11. The van der Waals surface area contributed by atoms with Crippen molar-refractivity contribution in [3.05, 3.63) is 94.6 Å². The fourth-order valence-corrected chi connectivity index (χ4v) is 8.23. The number of aliphatic hydroxyl groups excluding tert-OH is 4. The van der Waals surface area contributed by atoms with Crippen molar-refractivity contribution >= 4 is 16.6 Å². The molecular weight excluding hydrogens is 608 g/mol. The van der Waals surface area contributed by atoms with Crippen LogP contribution in [0.5, 0.6) is 11.5 Å². The maximum Gasteiger partial charge on any atom is 0.229 e. The van der Waals surface area contributed by atoms with E-state index in [0.29, 0.717) is 16.5 Å². The molecular formula is C36H38O11. The van der Waals surface area contributed by atoms with Crippen LogP contribution in [-0.4, -0.2) is 95.2 Å². The number of carbonyl (C=O) groups is 1. The highest BCUT2D eigenvalue weighted by Gasteiger charge is 2.76. The average molecular weight is 647 g/mol. The molecule has 1 heterocycles. The molecule has 4 aliphatic rings. The van der Waals surface area contributed by atoms with Gasteiger partial charge in [0.15, 0.2) is 5.78 Å². The molecule has 3 aromatic carbocycles. The lowest BCUT2D eigenvalue weighted by Gasteiger charge is -2.64. The summed E-state index contributed by atoms with van der Waals surface area (Å²) in [7, 11) is 0. The third kappa shape index (κ3) is 4.12. The Bertz CT molecular complexity index is 1860. The smallest absolute Gasteiger partial charge is 0.229 e. The Kier molecular flexibility index (Phi) is 7.08. The molecule has 1 fully saturated rings. The van der Waals surface area contributed by atoms with Crippen LogP contribution in [0.1, 0.15) is 60.2 Å². The second-order valence-electron chi connectivity index (χ2n) is 13.8. The summed E-state index contributed by atoms with van der Waals surface area (Å²) < 4.78 is 11.6. The Morgan fingerprint density at radius 3 is 2.45 bits per heavy atom. The summed E-state index contributed by atoms with van der Waals surface area (Å²) in [6.07, 6.45) is -3.05. The van der Waals surface area contributed by atoms with Gasteiger partial charge in [-0.2, -0.15) is 0 Å². The van der Waals surface area contributed by atoms with Gasteiger partial charge in [-0.05, 0) is 38.5 Å². The zero-order chi connectivity index (χ0) is 33.8. The first kappa shape index (κ1) is 31.9. The van der Waals surface area contributed by atoms with Gasteiger partial charge in [0.25, 0.3) is 0 Å². The fourth-order valence-electron chi connectivity index (χ4n) is 8.23. The molecule has 0 amide bonds. The zero-order valence-corrected chi connectivity index (χ0v) is 26.0. The average Bonchev–Trinajstić information content (AvgIpc) is 3.02. The standard InChI is InChI=1S/C36H38O11/c1-17-13-23-21-14-20-18(8-6-10-24(20)46-32-30(41)29(40)28(39)25(16-37)47-32)27(38)26(21)36(45)22-9-5-4-7-19(22)31(42)34(23,35(36,44)15-17)12-11-33(2,3)43/h4-14,23,25,28-30,32,37-41,43-45H,15-16H2,1-3H3/b12-11+/t23-,25-,28+,29+,30+,32+,34-,35+,36+/m1/s1. The van der Waals surface area contributed by atoms with Crippen LogP contribution >= 0.6 is 0 Å². The van der Waals surface area contributed by atoms with Gasteiger partial charge < -0.3 is 50.3 Å². The second-order valence-corrected chi connectivity index (χ2v) is 13.8. The Morgan fingerprint density at radius 2 is 1.74 bits per heavy atom. The van der Waals surface area contributed by atoms with Crippen molar-refractivity contribution in [1.29, 1.82) is 0 Å². The minimum Gasteiger partial charge on any atom is -0.507 e. The summed E-state index contributed by atoms with van der Waals surface area (Å²) in [5.74, 6) is -1.65. The van der Waals surface area contributed by atoms with Crippen molar-refractivity contribution in [3.8, 4) is 11.5 Å². The van der Waals surface area contributed by atoms with Crippen LogP contribution in [0, 0.1) is 5.41 Å². The van der Waals surface area contributed by atoms with Crippen molar-refractivity contribution in [1.82, 2.24) is 0 Å². The van der Waals surface area contributed by atoms with Crippen LogP contribution in [0.2, 0.25) is 0 Å². The van der Waals surface area contributed by atoms with Crippen molar-refractivity contribution in [2.24, 2.45) is 5.41 Å². The topological polar surface area (TPSA) is 197 Å². The third-order valence-electron chi connectivity index (χ3n) is 10.4. The summed E-state index contributed by atoms with van der Waals surface area (Å²) in [5.41, 5.74) is -6.30. The van der Waals surface area contributed by atoms with E-state index in [1.165, 1.54) is 32.1 Å². The number of phenols is 1. The number of ketones is 1. The number of hydrogen-bond donors (Lipinski definition) is 8. The number of aliphatic hydroxyl groups is 7. The number of carbonyl (C=O) groups excluding carboxylic acids is 1. The number of allylic oxidation sites excluding steroid dienone is 1. The Hall–Kier alpha value is -3.65. The van der Waals surface area contributed by atoms with E-state index in [9.17, 15) is 45.6 Å². The van der Waals surface area contributed by atoms with Gasteiger partial charge in [0, 0.05) is 39.8 Å². The van der Waals surface area contributed by atoms with E-state index in [4.69, 9.17) is 9.47 Å². The second kappa shape index (κ2) is 10.4. The van der Waals surface area contributed by atoms with Gasteiger partial charge in [0.1, 0.15) is 47.1 Å². The van der Waals surface area contributed by atoms with E-state index >= 15 is 0 Å². The minimum absolute atomic E-state index is 0.0264. The molecule has 0 saturated carbocycles. The molecule has 0 spiro atoms. The highest BCUT2D eigenvalue weighted by atomic mass is 16.7. The molecule has 7 rings (SSSR count). The number of rotatable bonds is 5. The van der Waals surface area contributed by atoms with Crippen molar-refractivity contribution in [2.75, 3.05) is 6.61 Å². The molecule has 4 bridgehead atoms. The number of ether oxygens (including phenoxy) is 2. The SMILES string of the molecule is CC1=C[C@@H]2c3cc4c(O[C@H]5O[C@H](CO)[C@H](O)[C@H](O)[C@@H]5O)cccc4c(O)c3[C@@]3(O)c4ccccc4C(=O)[C@]2(/C=C/C(C)(C)O)[C@@]3(O)C1. The summed E-state index contributed by atoms with van der Waals surface area (Å²) in [6.45, 7) is 4.21. The molecule has 9 atom stereocenters. The van der Waals surface area contributed by atoms with Crippen LogP contribution in [-0.2, 0) is 10.3 Å². The van der Waals surface area contributed by atoms with E-state index in [2.05, 4.69) is 0 Å². The van der Waals surface area contributed by atoms with Crippen LogP contribution in [0.15, 0.2) is 72.3 Å². The first-order valence-electron chi connectivity index (χ1n) is 15.6. The molecule has 1 saturated heterocycles. The maximum absolute atomic E-state index is 14.7. The number of phenolic OH excluding ortho intramolecular Hbond substituents is 1. The summed E-state index contributed by atoms with van der Waals surface area (Å²) in [4.78, 5) is 14.7. The largest absolute Gasteiger partial charge is 0.507 e. The lowest BCUT2D eigenvalue weighted by atomic mass is 9.40. The molecule has 0 radical (unpaired) electrons. The first-order chi connectivity index (χ1) is 22.1. The first-order valence-corrected chi connectivity index (χ1v) is 15.6. The quantitative estimate of drug-likeness (QED) is 0.188. The van der Waals surface area contributed by atoms with Crippen molar-refractivity contribution in [3.63, 3.8) is 0 Å². The van der Waals surface area contributed by atoms with E-state index in [1.807, 2.05) is 6.08 Å². The van der Waals surface area contributed by atoms with E-state index in [-0.39, 0.29) is 40.0 Å². The number of fused-ring (bicyclic) bond motifs is 6. The molecule has 0 aromatic heterocycles. The van der Waals surface area contributed by atoms with E-state index in [1.54, 1.807) is 49.4 Å². The van der Waals surface area contributed by atoms with Gasteiger partial charge in [0.2, 0.25) is 6.29 Å². The molecule has 3 aromatic rings. The number of Topliss-reactive ketones (excluding diaryl/α,β-unsaturated/α-hetero) is 1. The van der Waals surface area contributed by atoms with Gasteiger partial charge >= 0.3 is 0 Å². The predicted octanol–water partition coefficient (Wildman–Crippen LogP) is 1.65. The molecule has 0 unspecified atom stereocenters. The molecule has 3 aliphatic carbocycles.